The molecule has 0 radical (unpaired) electrons. The van der Waals surface area contributed by atoms with Crippen molar-refractivity contribution in [1.82, 2.24) is 9.88 Å². The molecule has 1 saturated heterocycles. The Bertz CT molecular complexity index is 1080. The van der Waals surface area contributed by atoms with E-state index in [2.05, 4.69) is 10.3 Å². The first kappa shape index (κ1) is 20.2. The zero-order chi connectivity index (χ0) is 21.1. The van der Waals surface area contributed by atoms with E-state index >= 15 is 0 Å². The summed E-state index contributed by atoms with van der Waals surface area (Å²) in [6.07, 6.45) is 3.50. The lowest BCUT2D eigenvalue weighted by Crippen LogP contribution is -2.23. The van der Waals surface area contributed by atoms with Gasteiger partial charge in [-0.2, -0.15) is 0 Å². The van der Waals surface area contributed by atoms with Crippen LogP contribution in [0, 0.1) is 11.6 Å². The molecule has 1 fully saturated rings. The number of carbonyl (C=O) groups excluding carboxylic acids is 2. The Morgan fingerprint density at radius 3 is 2.57 bits per heavy atom. The normalized spacial score (nSPS) is 13.7. The fourth-order valence-corrected chi connectivity index (χ4v) is 4.16. The fourth-order valence-electron chi connectivity index (χ4n) is 3.32. The van der Waals surface area contributed by atoms with Crippen molar-refractivity contribution in [3.8, 4) is 0 Å². The summed E-state index contributed by atoms with van der Waals surface area (Å²) in [6, 6.07) is 10.9. The van der Waals surface area contributed by atoms with Gasteiger partial charge in [0.25, 0.3) is 5.91 Å². The van der Waals surface area contributed by atoms with Gasteiger partial charge in [-0.1, -0.05) is 18.2 Å². The van der Waals surface area contributed by atoms with Crippen molar-refractivity contribution >= 4 is 28.3 Å². The maximum Gasteiger partial charge on any atom is 0.257 e. The number of nitrogens with zero attached hydrogens (tertiary/aromatic N) is 2. The minimum Gasteiger partial charge on any atom is -0.338 e. The number of hydrogen-bond donors (Lipinski definition) is 1. The summed E-state index contributed by atoms with van der Waals surface area (Å²) < 4.78 is 26.4. The van der Waals surface area contributed by atoms with E-state index in [0.29, 0.717) is 35.6 Å². The van der Waals surface area contributed by atoms with Gasteiger partial charge in [0.15, 0.2) is 16.8 Å². The van der Waals surface area contributed by atoms with Gasteiger partial charge in [0.2, 0.25) is 5.91 Å². The summed E-state index contributed by atoms with van der Waals surface area (Å²) in [6.45, 7) is 1.33. The number of halogens is 2. The van der Waals surface area contributed by atoms with Crippen LogP contribution in [-0.2, 0) is 17.8 Å². The first-order valence-corrected chi connectivity index (χ1v) is 10.4. The molecular formula is C22H19F2N3O2S. The Hall–Kier alpha value is -3.13. The average Bonchev–Trinajstić information content (AvgIpc) is 3.34. The van der Waals surface area contributed by atoms with E-state index in [1.807, 2.05) is 17.0 Å². The van der Waals surface area contributed by atoms with Crippen LogP contribution < -0.4 is 5.32 Å². The van der Waals surface area contributed by atoms with E-state index in [-0.39, 0.29) is 11.8 Å². The Balaban J connectivity index is 1.35. The van der Waals surface area contributed by atoms with Gasteiger partial charge < -0.3 is 4.90 Å². The highest BCUT2D eigenvalue weighted by atomic mass is 32.1. The van der Waals surface area contributed by atoms with Gasteiger partial charge in [-0.25, -0.2) is 13.8 Å². The molecular weight excluding hydrogens is 408 g/mol. The van der Waals surface area contributed by atoms with Crippen molar-refractivity contribution in [3.63, 3.8) is 0 Å². The molecule has 1 N–H and O–H groups in total. The van der Waals surface area contributed by atoms with E-state index in [1.165, 1.54) is 17.4 Å². The molecule has 1 aliphatic rings. The molecule has 1 aliphatic heterocycles. The predicted octanol–water partition coefficient (Wildman–Crippen LogP) is 4.39. The third kappa shape index (κ3) is 4.71. The molecule has 2 amide bonds. The molecule has 8 heteroatoms. The van der Waals surface area contributed by atoms with Crippen LogP contribution in [0.4, 0.5) is 13.9 Å². The van der Waals surface area contributed by atoms with Gasteiger partial charge in [0, 0.05) is 42.6 Å². The lowest BCUT2D eigenvalue weighted by atomic mass is 10.1. The Morgan fingerprint density at radius 2 is 1.87 bits per heavy atom. The van der Waals surface area contributed by atoms with Gasteiger partial charge in [-0.3, -0.25) is 14.9 Å². The Kier molecular flexibility index (Phi) is 5.85. The summed E-state index contributed by atoms with van der Waals surface area (Å²) in [5.74, 6) is -1.88. The highest BCUT2D eigenvalue weighted by Gasteiger charge is 2.20. The maximum absolute atomic E-state index is 13.3. The number of rotatable bonds is 6. The third-order valence-corrected chi connectivity index (χ3v) is 5.81. The summed E-state index contributed by atoms with van der Waals surface area (Å²) in [5, 5.41) is 3.19. The van der Waals surface area contributed by atoms with Crippen molar-refractivity contribution in [2.24, 2.45) is 0 Å². The summed E-state index contributed by atoms with van der Waals surface area (Å²) in [7, 11) is 0. The number of nitrogens with one attached hydrogen (secondary N) is 1. The Labute approximate surface area is 176 Å². The number of thiazole rings is 1. The highest BCUT2D eigenvalue weighted by Crippen LogP contribution is 2.23. The van der Waals surface area contributed by atoms with Crippen LogP contribution in [0.25, 0.3) is 0 Å². The molecule has 3 aromatic rings. The fraction of sp³-hybridized carbons (Fsp3) is 0.227. The van der Waals surface area contributed by atoms with Crippen molar-refractivity contribution in [2.75, 3.05) is 11.9 Å². The monoisotopic (exact) mass is 427 g/mol. The van der Waals surface area contributed by atoms with Crippen molar-refractivity contribution in [3.05, 3.63) is 81.9 Å². The number of anilines is 1. The second-order valence-corrected chi connectivity index (χ2v) is 8.24. The van der Waals surface area contributed by atoms with Crippen LogP contribution in [-0.4, -0.2) is 28.2 Å². The number of benzene rings is 2. The van der Waals surface area contributed by atoms with Crippen LogP contribution >= 0.6 is 11.3 Å². The van der Waals surface area contributed by atoms with Crippen LogP contribution in [0.2, 0.25) is 0 Å². The summed E-state index contributed by atoms with van der Waals surface area (Å²) >= 11 is 1.28. The van der Waals surface area contributed by atoms with E-state index in [4.69, 9.17) is 0 Å². The minimum atomic E-state index is -0.886. The second kappa shape index (κ2) is 8.71. The number of aromatic nitrogens is 1. The van der Waals surface area contributed by atoms with Crippen LogP contribution in [0.15, 0.2) is 48.7 Å². The zero-order valence-electron chi connectivity index (χ0n) is 16.0. The Morgan fingerprint density at radius 1 is 1.10 bits per heavy atom. The quantitative estimate of drug-likeness (QED) is 0.635. The van der Waals surface area contributed by atoms with Gasteiger partial charge in [0.1, 0.15) is 0 Å². The maximum atomic E-state index is 13.3. The van der Waals surface area contributed by atoms with E-state index in [9.17, 15) is 18.4 Å². The molecule has 30 heavy (non-hydrogen) atoms. The smallest absolute Gasteiger partial charge is 0.257 e. The lowest BCUT2D eigenvalue weighted by Gasteiger charge is -2.15. The first-order valence-electron chi connectivity index (χ1n) is 9.54. The number of likely N-dealkylation sites (tertiary alicyclic amines) is 1. The molecule has 2 heterocycles. The van der Waals surface area contributed by atoms with Gasteiger partial charge >= 0.3 is 0 Å². The molecule has 5 nitrogen and oxygen atoms in total. The van der Waals surface area contributed by atoms with Crippen LogP contribution in [0.5, 0.6) is 0 Å². The molecule has 0 spiro atoms. The number of amides is 2. The largest absolute Gasteiger partial charge is 0.338 e. The van der Waals surface area contributed by atoms with Crippen LogP contribution in [0.3, 0.4) is 0 Å². The minimum absolute atomic E-state index is 0.166. The zero-order valence-corrected chi connectivity index (χ0v) is 16.8. The van der Waals surface area contributed by atoms with Gasteiger partial charge in [-0.05, 0) is 41.8 Å². The number of carbonyl (C=O) groups is 2. The third-order valence-electron chi connectivity index (χ3n) is 4.90. The van der Waals surface area contributed by atoms with Crippen molar-refractivity contribution in [2.45, 2.75) is 25.8 Å². The lowest BCUT2D eigenvalue weighted by molar-refractivity contribution is -0.128. The molecule has 0 atom stereocenters. The van der Waals surface area contributed by atoms with Crippen LogP contribution in [0.1, 0.15) is 39.2 Å². The van der Waals surface area contributed by atoms with Gasteiger partial charge in [0.05, 0.1) is 0 Å². The summed E-state index contributed by atoms with van der Waals surface area (Å²) in [5.41, 5.74) is 2.09. The molecule has 1 aromatic heterocycles. The van der Waals surface area contributed by atoms with E-state index in [1.54, 1.807) is 18.3 Å². The average molecular weight is 427 g/mol. The standard InChI is InChI=1S/C22H19F2N3O2S/c23-18-8-5-15(11-19(18)24)10-17-12-25-22(30-17)26-21(29)16-6-3-14(4-7-16)13-27-9-1-2-20(27)28/h3-8,11-12H,1-2,9-10,13H2,(H,25,26,29). The topological polar surface area (TPSA) is 62.3 Å². The first-order chi connectivity index (χ1) is 14.5. The molecule has 0 aliphatic carbocycles. The molecule has 0 bridgehead atoms. The second-order valence-electron chi connectivity index (χ2n) is 7.13. The molecule has 2 aromatic carbocycles. The SMILES string of the molecule is O=C(Nc1ncc(Cc2ccc(F)c(F)c2)s1)c1ccc(CN2CCCC2=O)cc1. The number of hydrogen-bond acceptors (Lipinski definition) is 4. The van der Waals surface area contributed by atoms with Gasteiger partial charge in [-0.15, -0.1) is 11.3 Å². The predicted molar refractivity (Wildman–Crippen MR) is 110 cm³/mol. The molecule has 4 rings (SSSR count). The van der Waals surface area contributed by atoms with Crippen molar-refractivity contribution < 1.29 is 18.4 Å². The summed E-state index contributed by atoms with van der Waals surface area (Å²) in [4.78, 5) is 31.0. The van der Waals surface area contributed by atoms with E-state index < -0.39 is 11.6 Å². The molecule has 0 unspecified atom stereocenters. The van der Waals surface area contributed by atoms with E-state index in [0.717, 1.165) is 35.5 Å². The highest BCUT2D eigenvalue weighted by molar-refractivity contribution is 7.15. The molecule has 154 valence electrons. The molecule has 0 saturated carbocycles. The van der Waals surface area contributed by atoms with Crippen molar-refractivity contribution in [1.29, 1.82) is 0 Å².